The molecule has 0 spiro atoms. The zero-order valence-corrected chi connectivity index (χ0v) is 10.3. The number of rotatable bonds is 2. The summed E-state index contributed by atoms with van der Waals surface area (Å²) in [5.41, 5.74) is 0.647. The number of hydrogen-bond acceptors (Lipinski definition) is 1. The lowest BCUT2D eigenvalue weighted by atomic mass is 9.87. The Morgan fingerprint density at radius 3 is 2.21 bits per heavy atom. The first kappa shape index (κ1) is 11.5. The van der Waals surface area contributed by atoms with Crippen LogP contribution in [0.5, 0.6) is 0 Å². The second kappa shape index (κ2) is 3.25. The van der Waals surface area contributed by atoms with Crippen LogP contribution in [0.15, 0.2) is 0 Å². The highest BCUT2D eigenvalue weighted by molar-refractivity contribution is 5.74. The molecule has 2 nitrogen and oxygen atoms in total. The Hall–Kier alpha value is -0.530. The van der Waals surface area contributed by atoms with Crippen LogP contribution in [0.3, 0.4) is 0 Å². The summed E-state index contributed by atoms with van der Waals surface area (Å²) in [4.78, 5) is 11.0. The molecule has 0 radical (unpaired) electrons. The molecule has 1 aliphatic rings. The Balaban J connectivity index is 2.53. The molecule has 1 rings (SSSR count). The minimum Gasteiger partial charge on any atom is -0.353 e. The molecule has 0 aromatic carbocycles. The van der Waals surface area contributed by atoms with E-state index in [4.69, 9.17) is 0 Å². The van der Waals surface area contributed by atoms with Crippen molar-refractivity contribution in [3.05, 3.63) is 0 Å². The van der Waals surface area contributed by atoms with Gasteiger partial charge in [-0.05, 0) is 23.2 Å². The first-order valence-electron chi connectivity index (χ1n) is 5.42. The Labute approximate surface area is 87.5 Å². The van der Waals surface area contributed by atoms with E-state index in [1.807, 2.05) is 0 Å². The predicted octanol–water partition coefficient (Wildman–Crippen LogP) is 2.58. The van der Waals surface area contributed by atoms with Gasteiger partial charge in [0.05, 0.1) is 0 Å². The van der Waals surface area contributed by atoms with E-state index in [-0.39, 0.29) is 5.91 Å². The minimum atomic E-state index is 0.0967. The monoisotopic (exact) mass is 197 g/mol. The van der Waals surface area contributed by atoms with Crippen molar-refractivity contribution in [2.75, 3.05) is 0 Å². The normalized spacial score (nSPS) is 29.9. The van der Waals surface area contributed by atoms with E-state index in [9.17, 15) is 4.79 Å². The second-order valence-electron chi connectivity index (χ2n) is 6.37. The summed E-state index contributed by atoms with van der Waals surface area (Å²) in [6.07, 6.45) is 1.19. The summed E-state index contributed by atoms with van der Waals surface area (Å²) in [6.45, 7) is 12.8. The maximum atomic E-state index is 11.0. The van der Waals surface area contributed by atoms with Gasteiger partial charge < -0.3 is 5.32 Å². The molecule has 1 saturated carbocycles. The van der Waals surface area contributed by atoms with Crippen molar-refractivity contribution in [3.8, 4) is 0 Å². The van der Waals surface area contributed by atoms with Crippen molar-refractivity contribution in [2.24, 2.45) is 16.7 Å². The van der Waals surface area contributed by atoms with Gasteiger partial charge in [0.25, 0.3) is 0 Å². The molecule has 0 bridgehead atoms. The first-order valence-corrected chi connectivity index (χ1v) is 5.42. The zero-order chi connectivity index (χ0) is 11.1. The van der Waals surface area contributed by atoms with E-state index in [2.05, 4.69) is 39.9 Å². The highest BCUT2D eigenvalue weighted by Gasteiger charge is 2.58. The van der Waals surface area contributed by atoms with Gasteiger partial charge in [0.1, 0.15) is 0 Å². The van der Waals surface area contributed by atoms with E-state index in [1.54, 1.807) is 6.92 Å². The fraction of sp³-hybridized carbons (Fsp3) is 0.917. The lowest BCUT2D eigenvalue weighted by Crippen LogP contribution is -2.26. The molecule has 1 N–H and O–H groups in total. The van der Waals surface area contributed by atoms with Gasteiger partial charge in [-0.25, -0.2) is 0 Å². The third-order valence-corrected chi connectivity index (χ3v) is 3.24. The Morgan fingerprint density at radius 2 is 1.86 bits per heavy atom. The summed E-state index contributed by atoms with van der Waals surface area (Å²) in [5, 5.41) is 3.04. The fourth-order valence-electron chi connectivity index (χ4n) is 2.29. The molecule has 2 unspecified atom stereocenters. The van der Waals surface area contributed by atoms with Crippen LogP contribution in [-0.4, -0.2) is 11.9 Å². The van der Waals surface area contributed by atoms with Crippen LogP contribution in [0.25, 0.3) is 0 Å². The van der Waals surface area contributed by atoms with Gasteiger partial charge in [0.2, 0.25) is 5.91 Å². The van der Waals surface area contributed by atoms with Crippen molar-refractivity contribution >= 4 is 5.91 Å². The Morgan fingerprint density at radius 1 is 1.36 bits per heavy atom. The molecule has 0 aliphatic heterocycles. The third kappa shape index (κ3) is 2.49. The maximum Gasteiger partial charge on any atom is 0.217 e. The largest absolute Gasteiger partial charge is 0.353 e. The Kier molecular flexibility index (Phi) is 2.68. The lowest BCUT2D eigenvalue weighted by molar-refractivity contribution is -0.119. The molecule has 0 aromatic rings. The van der Waals surface area contributed by atoms with Gasteiger partial charge in [-0.15, -0.1) is 0 Å². The number of hydrogen-bond donors (Lipinski definition) is 1. The van der Waals surface area contributed by atoms with Gasteiger partial charge in [0, 0.05) is 13.0 Å². The number of carbonyl (C=O) groups is 1. The smallest absolute Gasteiger partial charge is 0.217 e. The van der Waals surface area contributed by atoms with Crippen molar-refractivity contribution in [3.63, 3.8) is 0 Å². The third-order valence-electron chi connectivity index (χ3n) is 3.24. The average molecular weight is 197 g/mol. The number of carbonyl (C=O) groups excluding carboxylic acids is 1. The molecule has 14 heavy (non-hydrogen) atoms. The molecule has 0 heterocycles. The van der Waals surface area contributed by atoms with Gasteiger partial charge in [-0.1, -0.05) is 34.6 Å². The maximum absolute atomic E-state index is 11.0. The molecule has 1 aliphatic carbocycles. The molecule has 1 amide bonds. The van der Waals surface area contributed by atoms with E-state index in [0.29, 0.717) is 22.8 Å². The molecule has 0 saturated heterocycles. The van der Waals surface area contributed by atoms with E-state index < -0.39 is 0 Å². The standard InChI is InChI=1S/C12H23NO/c1-8(14)13-10-9(12(10,5)6)7-11(2,3)4/h9-10H,7H2,1-6H3,(H,13,14). The minimum absolute atomic E-state index is 0.0967. The van der Waals surface area contributed by atoms with Crippen molar-refractivity contribution in [2.45, 2.75) is 54.0 Å². The molecule has 2 heteroatoms. The van der Waals surface area contributed by atoms with Crippen molar-refractivity contribution in [1.82, 2.24) is 5.32 Å². The van der Waals surface area contributed by atoms with Crippen LogP contribution in [0.1, 0.15) is 48.0 Å². The lowest BCUT2D eigenvalue weighted by Gasteiger charge is -2.18. The van der Waals surface area contributed by atoms with Gasteiger partial charge in [0.15, 0.2) is 0 Å². The number of amides is 1. The van der Waals surface area contributed by atoms with Crippen LogP contribution in [0.4, 0.5) is 0 Å². The van der Waals surface area contributed by atoms with Gasteiger partial charge >= 0.3 is 0 Å². The molecule has 0 aromatic heterocycles. The molecular formula is C12H23NO. The van der Waals surface area contributed by atoms with Crippen molar-refractivity contribution in [1.29, 1.82) is 0 Å². The summed E-state index contributed by atoms with van der Waals surface area (Å²) < 4.78 is 0. The SMILES string of the molecule is CC(=O)NC1C(CC(C)(C)C)C1(C)C. The van der Waals surface area contributed by atoms with Gasteiger partial charge in [-0.2, -0.15) is 0 Å². The quantitative estimate of drug-likeness (QED) is 0.724. The zero-order valence-electron chi connectivity index (χ0n) is 10.3. The second-order valence-corrected chi connectivity index (χ2v) is 6.37. The molecular weight excluding hydrogens is 174 g/mol. The van der Waals surface area contributed by atoms with Crippen molar-refractivity contribution < 1.29 is 4.79 Å². The van der Waals surface area contributed by atoms with Crippen LogP contribution >= 0.6 is 0 Å². The summed E-state index contributed by atoms with van der Waals surface area (Å²) in [7, 11) is 0. The molecule has 82 valence electrons. The summed E-state index contributed by atoms with van der Waals surface area (Å²) >= 11 is 0. The molecule has 2 atom stereocenters. The average Bonchev–Trinajstić information content (AvgIpc) is 2.34. The summed E-state index contributed by atoms with van der Waals surface area (Å²) in [5.74, 6) is 0.742. The van der Waals surface area contributed by atoms with Crippen LogP contribution < -0.4 is 5.32 Å². The predicted molar refractivity (Wildman–Crippen MR) is 58.9 cm³/mol. The number of nitrogens with one attached hydrogen (secondary N) is 1. The van der Waals surface area contributed by atoms with Crippen LogP contribution in [-0.2, 0) is 4.79 Å². The topological polar surface area (TPSA) is 29.1 Å². The van der Waals surface area contributed by atoms with Crippen LogP contribution in [0, 0.1) is 16.7 Å². The molecule has 1 fully saturated rings. The van der Waals surface area contributed by atoms with E-state index >= 15 is 0 Å². The Bertz CT molecular complexity index is 237. The van der Waals surface area contributed by atoms with Crippen LogP contribution in [0.2, 0.25) is 0 Å². The van der Waals surface area contributed by atoms with E-state index in [0.717, 1.165) is 0 Å². The van der Waals surface area contributed by atoms with Gasteiger partial charge in [-0.3, -0.25) is 4.79 Å². The summed E-state index contributed by atoms with van der Waals surface area (Å²) in [6, 6.07) is 0.388. The van der Waals surface area contributed by atoms with E-state index in [1.165, 1.54) is 6.42 Å². The fourth-order valence-corrected chi connectivity index (χ4v) is 2.29. The highest BCUT2D eigenvalue weighted by atomic mass is 16.1. The first-order chi connectivity index (χ1) is 6.14. The highest BCUT2D eigenvalue weighted by Crippen LogP contribution is 2.56.